The lowest BCUT2D eigenvalue weighted by atomic mass is 10.3. The monoisotopic (exact) mass is 358 g/mol. The first-order valence-corrected chi connectivity index (χ1v) is 7.74. The summed E-state index contributed by atoms with van der Waals surface area (Å²) >= 11 is 1.37. The predicted molar refractivity (Wildman–Crippen MR) is 90.5 cm³/mol. The molecular formula is C15H10N4O5S. The minimum absolute atomic E-state index is 0.0105. The van der Waals surface area contributed by atoms with Crippen molar-refractivity contribution in [2.75, 3.05) is 0 Å². The van der Waals surface area contributed by atoms with Crippen molar-refractivity contribution in [3.8, 4) is 5.69 Å². The molecule has 0 atom stereocenters. The van der Waals surface area contributed by atoms with Crippen LogP contribution in [0.4, 0.5) is 5.69 Å². The van der Waals surface area contributed by atoms with Gasteiger partial charge in [0.1, 0.15) is 0 Å². The zero-order valence-corrected chi connectivity index (χ0v) is 13.3. The molecule has 126 valence electrons. The summed E-state index contributed by atoms with van der Waals surface area (Å²) in [6.07, 6.45) is 0. The Bertz CT molecular complexity index is 1060. The molecule has 0 aliphatic heterocycles. The number of nitrogens with one attached hydrogen (secondary N) is 2. The Morgan fingerprint density at radius 2 is 1.32 bits per heavy atom. The van der Waals surface area contributed by atoms with Gasteiger partial charge < -0.3 is 0 Å². The number of hydrogen-bond donors (Lipinski definition) is 2. The van der Waals surface area contributed by atoms with E-state index in [-0.39, 0.29) is 5.69 Å². The Kier molecular flexibility index (Phi) is 4.35. The number of aromatic nitrogens is 3. The fourth-order valence-corrected chi connectivity index (χ4v) is 2.92. The van der Waals surface area contributed by atoms with E-state index < -0.39 is 22.0 Å². The van der Waals surface area contributed by atoms with Crippen molar-refractivity contribution in [2.24, 2.45) is 0 Å². The van der Waals surface area contributed by atoms with Crippen LogP contribution in [-0.2, 0) is 0 Å². The third-order valence-electron chi connectivity index (χ3n) is 3.23. The number of benzene rings is 2. The number of hydrogen-bond acceptors (Lipinski definition) is 6. The quantitative estimate of drug-likeness (QED) is 0.533. The van der Waals surface area contributed by atoms with Gasteiger partial charge in [-0.2, -0.15) is 0 Å². The normalized spacial score (nSPS) is 10.6. The van der Waals surface area contributed by atoms with Gasteiger partial charge in [-0.25, -0.2) is 19.0 Å². The van der Waals surface area contributed by atoms with Gasteiger partial charge in [-0.1, -0.05) is 11.8 Å². The van der Waals surface area contributed by atoms with Crippen LogP contribution < -0.4 is 17.1 Å². The molecule has 1 aromatic heterocycles. The molecule has 10 heteroatoms. The Morgan fingerprint density at radius 3 is 1.80 bits per heavy atom. The molecule has 25 heavy (non-hydrogen) atoms. The molecule has 0 radical (unpaired) electrons. The summed E-state index contributed by atoms with van der Waals surface area (Å²) in [6, 6.07) is 12.6. The van der Waals surface area contributed by atoms with Crippen LogP contribution in [-0.4, -0.2) is 19.5 Å². The lowest BCUT2D eigenvalue weighted by Gasteiger charge is -2.05. The largest absolute Gasteiger partial charge is 0.338 e. The number of nitrogens with zero attached hydrogens (tertiary/aromatic N) is 2. The SMILES string of the molecule is O=c1[nH]c(=O)n(-c2ccc(Sc3ccc([N+](=O)[O-])cc3)cc2)c(=O)[nH]1. The molecule has 3 aromatic rings. The van der Waals surface area contributed by atoms with Crippen molar-refractivity contribution in [3.63, 3.8) is 0 Å². The van der Waals surface area contributed by atoms with Crippen LogP contribution in [0.3, 0.4) is 0 Å². The molecule has 2 N–H and O–H groups in total. The highest BCUT2D eigenvalue weighted by atomic mass is 32.2. The maximum absolute atomic E-state index is 11.8. The fourth-order valence-electron chi connectivity index (χ4n) is 2.10. The topological polar surface area (TPSA) is 131 Å². The summed E-state index contributed by atoms with van der Waals surface area (Å²) in [5.41, 5.74) is -2.21. The zero-order valence-electron chi connectivity index (χ0n) is 12.5. The Morgan fingerprint density at radius 1 is 0.840 bits per heavy atom. The van der Waals surface area contributed by atoms with Crippen molar-refractivity contribution in [2.45, 2.75) is 9.79 Å². The van der Waals surface area contributed by atoms with Crippen LogP contribution in [0.5, 0.6) is 0 Å². The molecule has 2 aromatic carbocycles. The van der Waals surface area contributed by atoms with Crippen LogP contribution in [0.2, 0.25) is 0 Å². The molecule has 0 amide bonds. The molecular weight excluding hydrogens is 348 g/mol. The lowest BCUT2D eigenvalue weighted by molar-refractivity contribution is -0.384. The zero-order chi connectivity index (χ0) is 18.0. The second-order valence-corrected chi connectivity index (χ2v) is 6.02. The van der Waals surface area contributed by atoms with Gasteiger partial charge in [-0.3, -0.25) is 20.1 Å². The van der Waals surface area contributed by atoms with Gasteiger partial charge in [-0.05, 0) is 36.4 Å². The summed E-state index contributed by atoms with van der Waals surface area (Å²) in [4.78, 5) is 50.3. The highest BCUT2D eigenvalue weighted by Gasteiger charge is 2.07. The smallest absolute Gasteiger partial charge is 0.258 e. The minimum Gasteiger partial charge on any atom is -0.258 e. The van der Waals surface area contributed by atoms with Crippen LogP contribution in [0.15, 0.2) is 72.7 Å². The number of non-ortho nitro benzene ring substituents is 1. The van der Waals surface area contributed by atoms with Crippen molar-refractivity contribution >= 4 is 17.4 Å². The number of nitro groups is 1. The van der Waals surface area contributed by atoms with E-state index in [0.29, 0.717) is 5.69 Å². The molecule has 0 spiro atoms. The number of H-pyrrole nitrogens is 2. The summed E-state index contributed by atoms with van der Waals surface area (Å²) in [7, 11) is 0. The van der Waals surface area contributed by atoms with Gasteiger partial charge in [0.15, 0.2) is 0 Å². The van der Waals surface area contributed by atoms with E-state index in [4.69, 9.17) is 0 Å². The second kappa shape index (κ2) is 6.61. The van der Waals surface area contributed by atoms with Gasteiger partial charge in [-0.15, -0.1) is 0 Å². The Hall–Kier alpha value is -3.40. The summed E-state index contributed by atoms with van der Waals surface area (Å²) in [6.45, 7) is 0. The number of rotatable bonds is 4. The molecule has 0 fully saturated rings. The third kappa shape index (κ3) is 3.58. The van der Waals surface area contributed by atoms with E-state index in [0.717, 1.165) is 14.4 Å². The van der Waals surface area contributed by atoms with Crippen molar-refractivity contribution in [3.05, 3.63) is 90.1 Å². The first-order valence-electron chi connectivity index (χ1n) is 6.92. The molecule has 0 saturated carbocycles. The Labute approximate surface area is 143 Å². The molecule has 0 aliphatic carbocycles. The Balaban J connectivity index is 1.86. The molecule has 0 saturated heterocycles. The molecule has 9 nitrogen and oxygen atoms in total. The molecule has 0 unspecified atom stereocenters. The highest BCUT2D eigenvalue weighted by Crippen LogP contribution is 2.29. The summed E-state index contributed by atoms with van der Waals surface area (Å²) < 4.78 is 0.807. The average molecular weight is 358 g/mol. The second-order valence-electron chi connectivity index (χ2n) is 4.87. The predicted octanol–water partition coefficient (Wildman–Crippen LogP) is 1.27. The van der Waals surface area contributed by atoms with Gasteiger partial charge >= 0.3 is 17.1 Å². The molecule has 3 rings (SSSR count). The summed E-state index contributed by atoms with van der Waals surface area (Å²) in [5.74, 6) is 0. The number of nitro benzene ring substituents is 1. The van der Waals surface area contributed by atoms with Crippen LogP contribution in [0.1, 0.15) is 0 Å². The van der Waals surface area contributed by atoms with Crippen molar-refractivity contribution in [1.29, 1.82) is 0 Å². The van der Waals surface area contributed by atoms with Gasteiger partial charge in [0.05, 0.1) is 10.6 Å². The molecule has 0 aliphatic rings. The van der Waals surface area contributed by atoms with Crippen molar-refractivity contribution in [1.82, 2.24) is 14.5 Å². The van der Waals surface area contributed by atoms with E-state index in [2.05, 4.69) is 0 Å². The van der Waals surface area contributed by atoms with Crippen molar-refractivity contribution < 1.29 is 4.92 Å². The fraction of sp³-hybridized carbons (Fsp3) is 0. The first-order chi connectivity index (χ1) is 11.9. The van der Waals surface area contributed by atoms with Crippen LogP contribution >= 0.6 is 11.8 Å². The lowest BCUT2D eigenvalue weighted by Crippen LogP contribution is -2.42. The van der Waals surface area contributed by atoms with Crippen LogP contribution in [0.25, 0.3) is 5.69 Å². The van der Waals surface area contributed by atoms with Gasteiger partial charge in [0, 0.05) is 21.9 Å². The summed E-state index contributed by atoms with van der Waals surface area (Å²) in [5, 5.41) is 10.6. The maximum Gasteiger partial charge on any atom is 0.338 e. The number of aromatic amines is 2. The standard InChI is InChI=1S/C15H10N4O5S/c20-13-16-14(21)18(15(22)17-13)9-1-5-11(6-2-9)25-12-7-3-10(4-8-12)19(23)24/h1-8H,(H2,16,17,20,21,22). The van der Waals surface area contributed by atoms with Gasteiger partial charge in [0.2, 0.25) is 0 Å². The van der Waals surface area contributed by atoms with Crippen LogP contribution in [0, 0.1) is 10.1 Å². The molecule has 1 heterocycles. The van der Waals surface area contributed by atoms with E-state index in [9.17, 15) is 24.5 Å². The molecule has 0 bridgehead atoms. The van der Waals surface area contributed by atoms with E-state index in [1.165, 1.54) is 23.9 Å². The third-order valence-corrected chi connectivity index (χ3v) is 4.24. The van der Waals surface area contributed by atoms with Gasteiger partial charge in [0.25, 0.3) is 5.69 Å². The van der Waals surface area contributed by atoms with E-state index in [1.807, 2.05) is 9.97 Å². The van der Waals surface area contributed by atoms with E-state index >= 15 is 0 Å². The van der Waals surface area contributed by atoms with E-state index in [1.54, 1.807) is 36.4 Å². The highest BCUT2D eigenvalue weighted by molar-refractivity contribution is 7.99. The average Bonchev–Trinajstić information content (AvgIpc) is 2.56. The maximum atomic E-state index is 11.8. The first kappa shape index (κ1) is 16.5. The minimum atomic E-state index is -0.864.